The molecule has 2 fully saturated rings. The lowest BCUT2D eigenvalue weighted by Crippen LogP contribution is -2.35. The molecule has 3 aromatic rings. The molecule has 1 saturated heterocycles. The Hall–Kier alpha value is -2.05. The summed E-state index contributed by atoms with van der Waals surface area (Å²) in [7, 11) is 0. The molecule has 1 aromatic carbocycles. The van der Waals surface area contributed by atoms with E-state index in [2.05, 4.69) is 21.4 Å². The highest BCUT2D eigenvalue weighted by atomic mass is 32.1. The number of ether oxygens (including phenoxy) is 1. The Balaban J connectivity index is 1.29. The molecule has 0 unspecified atom stereocenters. The van der Waals surface area contributed by atoms with Crippen molar-refractivity contribution >= 4 is 26.7 Å². The highest BCUT2D eigenvalue weighted by molar-refractivity contribution is 7.22. The maximum absolute atomic E-state index is 13.8. The number of nitrogens with one attached hydrogen (secondary N) is 1. The van der Waals surface area contributed by atoms with Crippen molar-refractivity contribution in [3.05, 3.63) is 53.6 Å². The zero-order valence-electron chi connectivity index (χ0n) is 15.0. The summed E-state index contributed by atoms with van der Waals surface area (Å²) in [5, 5.41) is 4.55. The van der Waals surface area contributed by atoms with Gasteiger partial charge < -0.3 is 10.1 Å². The van der Waals surface area contributed by atoms with Crippen LogP contribution < -0.4 is 5.32 Å². The molecule has 0 radical (unpaired) electrons. The number of thiazole rings is 1. The SMILES string of the molecule is Fc1cnc([C@H]2C[C@@H](Nc3nc4ccccc4s3)C2)c(C2CCOCC2)c1. The van der Waals surface area contributed by atoms with Crippen LogP contribution in [0, 0.1) is 5.82 Å². The predicted molar refractivity (Wildman–Crippen MR) is 106 cm³/mol. The van der Waals surface area contributed by atoms with Crippen molar-refractivity contribution < 1.29 is 9.13 Å². The standard InChI is InChI=1S/C21H22FN3OS/c22-15-11-17(13-5-7-26-8-6-13)20(23-12-15)14-9-16(10-14)24-21-25-18-3-1-2-4-19(18)27-21/h1-4,11-14,16H,5-10H2,(H,24,25)/t14-,16+. The second-order valence-corrected chi connectivity index (χ2v) is 8.54. The van der Waals surface area contributed by atoms with Crippen molar-refractivity contribution in [2.45, 2.75) is 43.6 Å². The summed E-state index contributed by atoms with van der Waals surface area (Å²) < 4.78 is 20.5. The van der Waals surface area contributed by atoms with Gasteiger partial charge >= 0.3 is 0 Å². The zero-order chi connectivity index (χ0) is 18.2. The fourth-order valence-electron chi connectivity index (χ4n) is 4.21. The summed E-state index contributed by atoms with van der Waals surface area (Å²) in [6.45, 7) is 1.51. The van der Waals surface area contributed by atoms with Crippen LogP contribution in [0.2, 0.25) is 0 Å². The minimum atomic E-state index is -0.233. The minimum absolute atomic E-state index is 0.233. The van der Waals surface area contributed by atoms with Gasteiger partial charge in [0.1, 0.15) is 5.82 Å². The minimum Gasteiger partial charge on any atom is -0.381 e. The van der Waals surface area contributed by atoms with Gasteiger partial charge in [-0.1, -0.05) is 23.5 Å². The summed E-state index contributed by atoms with van der Waals surface area (Å²) in [4.78, 5) is 9.16. The van der Waals surface area contributed by atoms with Gasteiger partial charge in [0.15, 0.2) is 5.13 Å². The Morgan fingerprint density at radius 1 is 1.11 bits per heavy atom. The van der Waals surface area contributed by atoms with E-state index in [0.717, 1.165) is 60.8 Å². The van der Waals surface area contributed by atoms with Gasteiger partial charge in [-0.2, -0.15) is 0 Å². The highest BCUT2D eigenvalue weighted by Crippen LogP contribution is 2.42. The van der Waals surface area contributed by atoms with E-state index in [1.807, 2.05) is 18.2 Å². The molecule has 0 bridgehead atoms. The van der Waals surface area contributed by atoms with E-state index in [-0.39, 0.29) is 5.82 Å². The Bertz CT molecular complexity index is 915. The average Bonchev–Trinajstić information content (AvgIpc) is 3.08. The number of hydrogen-bond donors (Lipinski definition) is 1. The van der Waals surface area contributed by atoms with E-state index in [4.69, 9.17) is 4.74 Å². The van der Waals surface area contributed by atoms with Crippen LogP contribution in [0.1, 0.15) is 48.8 Å². The second-order valence-electron chi connectivity index (χ2n) is 7.51. The van der Waals surface area contributed by atoms with Gasteiger partial charge in [0, 0.05) is 30.9 Å². The Morgan fingerprint density at radius 2 is 1.93 bits per heavy atom. The summed E-state index contributed by atoms with van der Waals surface area (Å²) in [5.74, 6) is 0.535. The molecule has 5 rings (SSSR count). The van der Waals surface area contributed by atoms with Crippen LogP contribution in [0.5, 0.6) is 0 Å². The van der Waals surface area contributed by atoms with Crippen LogP contribution in [-0.4, -0.2) is 29.2 Å². The molecular weight excluding hydrogens is 361 g/mol. The van der Waals surface area contributed by atoms with Crippen LogP contribution in [0.25, 0.3) is 10.2 Å². The zero-order valence-corrected chi connectivity index (χ0v) is 15.8. The Labute approximate surface area is 161 Å². The van der Waals surface area contributed by atoms with Crippen LogP contribution in [0.15, 0.2) is 36.5 Å². The molecule has 2 aromatic heterocycles. The van der Waals surface area contributed by atoms with Crippen molar-refractivity contribution in [3.8, 4) is 0 Å². The van der Waals surface area contributed by atoms with E-state index in [0.29, 0.717) is 17.9 Å². The predicted octanol–water partition coefficient (Wildman–Crippen LogP) is 5.08. The lowest BCUT2D eigenvalue weighted by atomic mass is 9.74. The first-order valence-electron chi connectivity index (χ1n) is 9.61. The Morgan fingerprint density at radius 3 is 2.74 bits per heavy atom. The van der Waals surface area contributed by atoms with E-state index in [1.54, 1.807) is 17.4 Å². The molecule has 140 valence electrons. The van der Waals surface area contributed by atoms with E-state index >= 15 is 0 Å². The monoisotopic (exact) mass is 383 g/mol. The molecule has 2 aliphatic rings. The third-order valence-corrected chi connectivity index (χ3v) is 6.69. The smallest absolute Gasteiger partial charge is 0.184 e. The summed E-state index contributed by atoms with van der Waals surface area (Å²) in [6.07, 6.45) is 5.32. The van der Waals surface area contributed by atoms with Crippen molar-refractivity contribution in [3.63, 3.8) is 0 Å². The number of pyridine rings is 1. The normalized spacial score (nSPS) is 23.3. The van der Waals surface area contributed by atoms with E-state index in [1.165, 1.54) is 10.9 Å². The highest BCUT2D eigenvalue weighted by Gasteiger charge is 2.35. The molecule has 1 aliphatic carbocycles. The summed E-state index contributed by atoms with van der Waals surface area (Å²) in [5.41, 5.74) is 3.23. The third-order valence-electron chi connectivity index (χ3n) is 5.72. The third kappa shape index (κ3) is 3.44. The van der Waals surface area contributed by atoms with E-state index in [9.17, 15) is 4.39 Å². The molecule has 6 heteroatoms. The van der Waals surface area contributed by atoms with Crippen LogP contribution in [0.4, 0.5) is 9.52 Å². The van der Waals surface area contributed by atoms with Crippen molar-refractivity contribution in [2.75, 3.05) is 18.5 Å². The van der Waals surface area contributed by atoms with Crippen molar-refractivity contribution in [1.82, 2.24) is 9.97 Å². The van der Waals surface area contributed by atoms with Crippen molar-refractivity contribution in [2.24, 2.45) is 0 Å². The quantitative estimate of drug-likeness (QED) is 0.682. The van der Waals surface area contributed by atoms with Crippen LogP contribution in [0.3, 0.4) is 0 Å². The topological polar surface area (TPSA) is 47.0 Å². The number of aromatic nitrogens is 2. The second kappa shape index (κ2) is 7.17. The summed E-state index contributed by atoms with van der Waals surface area (Å²) in [6, 6.07) is 10.3. The van der Waals surface area contributed by atoms with Gasteiger partial charge in [-0.3, -0.25) is 4.98 Å². The number of fused-ring (bicyclic) bond motifs is 1. The van der Waals surface area contributed by atoms with Gasteiger partial charge in [-0.05, 0) is 55.4 Å². The first kappa shape index (κ1) is 17.1. The van der Waals surface area contributed by atoms with Crippen LogP contribution >= 0.6 is 11.3 Å². The van der Waals surface area contributed by atoms with E-state index < -0.39 is 0 Å². The lowest BCUT2D eigenvalue weighted by molar-refractivity contribution is 0.0847. The average molecular weight is 383 g/mol. The first-order valence-corrected chi connectivity index (χ1v) is 10.4. The van der Waals surface area contributed by atoms with Gasteiger partial charge in [0.25, 0.3) is 0 Å². The molecule has 0 amide bonds. The van der Waals surface area contributed by atoms with Gasteiger partial charge in [-0.15, -0.1) is 0 Å². The molecular formula is C21H22FN3OS. The Kier molecular flexibility index (Phi) is 4.53. The number of rotatable bonds is 4. The number of halogens is 1. The number of benzene rings is 1. The number of anilines is 1. The maximum atomic E-state index is 13.8. The van der Waals surface area contributed by atoms with Crippen LogP contribution in [-0.2, 0) is 4.74 Å². The number of para-hydroxylation sites is 1. The number of nitrogens with zero attached hydrogens (tertiary/aromatic N) is 2. The molecule has 0 atom stereocenters. The summed E-state index contributed by atoms with van der Waals surface area (Å²) >= 11 is 1.70. The molecule has 0 spiro atoms. The van der Waals surface area contributed by atoms with Gasteiger partial charge in [-0.25, -0.2) is 9.37 Å². The van der Waals surface area contributed by atoms with Crippen molar-refractivity contribution in [1.29, 1.82) is 0 Å². The molecule has 27 heavy (non-hydrogen) atoms. The fraction of sp³-hybridized carbons (Fsp3) is 0.429. The molecule has 4 nitrogen and oxygen atoms in total. The molecule has 1 N–H and O–H groups in total. The van der Waals surface area contributed by atoms with Gasteiger partial charge in [0.05, 0.1) is 16.4 Å². The first-order chi connectivity index (χ1) is 13.3. The lowest BCUT2D eigenvalue weighted by Gasteiger charge is -2.37. The largest absolute Gasteiger partial charge is 0.381 e. The van der Waals surface area contributed by atoms with Gasteiger partial charge in [0.2, 0.25) is 0 Å². The molecule has 1 saturated carbocycles. The fourth-order valence-corrected chi connectivity index (χ4v) is 5.15. The maximum Gasteiger partial charge on any atom is 0.184 e. The number of hydrogen-bond acceptors (Lipinski definition) is 5. The molecule has 1 aliphatic heterocycles. The molecule has 3 heterocycles.